The minimum absolute atomic E-state index is 0.114. The molecule has 3 nitrogen and oxygen atoms in total. The van der Waals surface area contributed by atoms with E-state index in [0.29, 0.717) is 5.92 Å². The minimum atomic E-state index is -0.526. The third-order valence-electron chi connectivity index (χ3n) is 3.60. The molecule has 1 fully saturated rings. The van der Waals surface area contributed by atoms with Crippen molar-refractivity contribution in [2.24, 2.45) is 5.92 Å². The lowest BCUT2D eigenvalue weighted by molar-refractivity contribution is -0.269. The zero-order valence-corrected chi connectivity index (χ0v) is 12.4. The molecule has 1 aliphatic heterocycles. The van der Waals surface area contributed by atoms with E-state index in [-0.39, 0.29) is 17.3 Å². The zero-order valence-electron chi connectivity index (χ0n) is 12.4. The molecule has 3 heteroatoms. The Hall–Kier alpha value is -0.120. The highest BCUT2D eigenvalue weighted by Crippen LogP contribution is 2.42. The molecule has 2 atom stereocenters. The summed E-state index contributed by atoms with van der Waals surface area (Å²) in [5, 5.41) is 0. The molecule has 0 radical (unpaired) electrons. The van der Waals surface area contributed by atoms with Gasteiger partial charge >= 0.3 is 0 Å². The van der Waals surface area contributed by atoms with Crippen LogP contribution >= 0.6 is 0 Å². The molecule has 0 amide bonds. The lowest BCUT2D eigenvalue weighted by Crippen LogP contribution is -2.44. The first kappa shape index (κ1) is 14.9. The first-order valence-electron chi connectivity index (χ1n) is 6.67. The van der Waals surface area contributed by atoms with Crippen LogP contribution in [0.1, 0.15) is 61.3 Å². The maximum absolute atomic E-state index is 5.98. The van der Waals surface area contributed by atoms with Crippen molar-refractivity contribution in [3.05, 3.63) is 0 Å². The Bertz CT molecular complexity index is 248. The molecule has 1 heterocycles. The largest absolute Gasteiger partial charge is 0.327 e. The van der Waals surface area contributed by atoms with E-state index >= 15 is 0 Å². The maximum atomic E-state index is 5.98. The van der Waals surface area contributed by atoms with Crippen molar-refractivity contribution in [3.8, 4) is 0 Å². The summed E-state index contributed by atoms with van der Waals surface area (Å²) in [7, 11) is 0. The molecule has 17 heavy (non-hydrogen) atoms. The maximum Gasteiger partial charge on any atom is 0.273 e. The summed E-state index contributed by atoms with van der Waals surface area (Å²) in [5.41, 5.74) is -0.571. The van der Waals surface area contributed by atoms with Crippen molar-refractivity contribution in [1.29, 1.82) is 0 Å². The second-order valence-corrected chi connectivity index (χ2v) is 6.38. The van der Waals surface area contributed by atoms with Gasteiger partial charge in [-0.05, 0) is 53.4 Å². The number of ether oxygens (including phenoxy) is 3. The fourth-order valence-corrected chi connectivity index (χ4v) is 1.95. The zero-order chi connectivity index (χ0) is 13.3. The number of hydrogen-bond acceptors (Lipinski definition) is 3. The molecule has 0 aromatic rings. The normalized spacial score (nSPS) is 32.6. The van der Waals surface area contributed by atoms with E-state index in [0.717, 1.165) is 12.8 Å². The lowest BCUT2D eigenvalue weighted by Gasteiger charge is -2.34. The van der Waals surface area contributed by atoms with Crippen molar-refractivity contribution < 1.29 is 14.2 Å². The van der Waals surface area contributed by atoms with Crippen LogP contribution in [0.2, 0.25) is 0 Å². The molecular weight excluding hydrogens is 216 g/mol. The van der Waals surface area contributed by atoms with Crippen LogP contribution in [0.5, 0.6) is 0 Å². The molecule has 0 aliphatic carbocycles. The molecule has 0 spiro atoms. The van der Waals surface area contributed by atoms with E-state index in [9.17, 15) is 0 Å². The minimum Gasteiger partial charge on any atom is -0.327 e. The predicted octanol–water partition coefficient (Wildman–Crippen LogP) is 3.72. The van der Waals surface area contributed by atoms with E-state index in [1.165, 1.54) is 0 Å². The summed E-state index contributed by atoms with van der Waals surface area (Å²) in [6, 6.07) is 0. The smallest absolute Gasteiger partial charge is 0.273 e. The summed E-state index contributed by atoms with van der Waals surface area (Å²) in [6.45, 7) is 14.2. The van der Waals surface area contributed by atoms with Crippen LogP contribution in [0.25, 0.3) is 0 Å². The topological polar surface area (TPSA) is 27.7 Å². The third kappa shape index (κ3) is 3.67. The standard InChI is InChI=1S/C14H28O3/c1-10(2)8-9-14(7)13(5,6)16-12(17-14)15-11(3)4/h10-12H,8-9H2,1-7H3. The highest BCUT2D eigenvalue weighted by molar-refractivity contribution is 4.96. The van der Waals surface area contributed by atoms with Crippen LogP contribution < -0.4 is 0 Å². The summed E-state index contributed by atoms with van der Waals surface area (Å²) in [4.78, 5) is 0. The van der Waals surface area contributed by atoms with E-state index in [4.69, 9.17) is 14.2 Å². The molecule has 1 aliphatic rings. The average molecular weight is 244 g/mol. The van der Waals surface area contributed by atoms with Crippen LogP contribution in [0.15, 0.2) is 0 Å². The van der Waals surface area contributed by atoms with Gasteiger partial charge in [0.05, 0.1) is 17.3 Å². The summed E-state index contributed by atoms with van der Waals surface area (Å²) >= 11 is 0. The van der Waals surface area contributed by atoms with Gasteiger partial charge in [0, 0.05) is 0 Å². The highest BCUT2D eigenvalue weighted by Gasteiger charge is 2.52. The van der Waals surface area contributed by atoms with Crippen LogP contribution in [0.4, 0.5) is 0 Å². The Morgan fingerprint density at radius 3 is 2.12 bits per heavy atom. The van der Waals surface area contributed by atoms with Gasteiger partial charge < -0.3 is 14.2 Å². The molecule has 1 saturated heterocycles. The number of hydrogen-bond donors (Lipinski definition) is 0. The van der Waals surface area contributed by atoms with Gasteiger partial charge in [-0.15, -0.1) is 0 Å². The monoisotopic (exact) mass is 244 g/mol. The van der Waals surface area contributed by atoms with Crippen molar-refractivity contribution in [1.82, 2.24) is 0 Å². The average Bonchev–Trinajstić information content (AvgIpc) is 2.33. The van der Waals surface area contributed by atoms with Gasteiger partial charge in [0.15, 0.2) is 0 Å². The van der Waals surface area contributed by atoms with E-state index in [1.54, 1.807) is 0 Å². The molecule has 0 aromatic carbocycles. The first-order valence-corrected chi connectivity index (χ1v) is 6.67. The molecule has 0 saturated carbocycles. The van der Waals surface area contributed by atoms with Gasteiger partial charge in [-0.25, -0.2) is 0 Å². The molecule has 1 rings (SSSR count). The SMILES string of the molecule is CC(C)CCC1(C)OC(OC(C)C)OC1(C)C. The van der Waals surface area contributed by atoms with Crippen molar-refractivity contribution >= 4 is 0 Å². The molecule has 0 N–H and O–H groups in total. The van der Waals surface area contributed by atoms with Gasteiger partial charge in [0.25, 0.3) is 6.48 Å². The summed E-state index contributed by atoms with van der Waals surface area (Å²) in [5.74, 6) is 0.677. The summed E-state index contributed by atoms with van der Waals surface area (Å²) < 4.78 is 17.4. The second kappa shape index (κ2) is 5.25. The number of rotatable bonds is 5. The molecule has 2 unspecified atom stereocenters. The van der Waals surface area contributed by atoms with E-state index < -0.39 is 6.48 Å². The van der Waals surface area contributed by atoms with Crippen LogP contribution in [0.3, 0.4) is 0 Å². The fraction of sp³-hybridized carbons (Fsp3) is 1.00. The lowest BCUT2D eigenvalue weighted by atomic mass is 9.82. The Balaban J connectivity index is 2.64. The van der Waals surface area contributed by atoms with Crippen LogP contribution in [-0.4, -0.2) is 23.8 Å². The first-order chi connectivity index (χ1) is 7.66. The fourth-order valence-electron chi connectivity index (χ4n) is 1.95. The molecule has 0 bridgehead atoms. The van der Waals surface area contributed by atoms with Crippen molar-refractivity contribution in [3.63, 3.8) is 0 Å². The highest BCUT2D eigenvalue weighted by atomic mass is 16.9. The van der Waals surface area contributed by atoms with Gasteiger partial charge in [0.2, 0.25) is 0 Å². The molecular formula is C14H28O3. The van der Waals surface area contributed by atoms with Gasteiger partial charge in [-0.1, -0.05) is 13.8 Å². The van der Waals surface area contributed by atoms with Gasteiger partial charge in [0.1, 0.15) is 0 Å². The molecule has 0 aromatic heterocycles. The Morgan fingerprint density at radius 1 is 1.06 bits per heavy atom. The van der Waals surface area contributed by atoms with E-state index in [1.807, 2.05) is 13.8 Å². The quantitative estimate of drug-likeness (QED) is 0.737. The molecule has 102 valence electrons. The third-order valence-corrected chi connectivity index (χ3v) is 3.60. The van der Waals surface area contributed by atoms with Crippen LogP contribution in [-0.2, 0) is 14.2 Å². The van der Waals surface area contributed by atoms with Crippen molar-refractivity contribution in [2.75, 3.05) is 0 Å². The predicted molar refractivity (Wildman–Crippen MR) is 68.7 cm³/mol. The Kier molecular flexibility index (Phi) is 4.61. The van der Waals surface area contributed by atoms with Gasteiger partial charge in [-0.2, -0.15) is 0 Å². The summed E-state index contributed by atoms with van der Waals surface area (Å²) in [6.07, 6.45) is 2.25. The Labute approximate surface area is 106 Å². The Morgan fingerprint density at radius 2 is 1.65 bits per heavy atom. The second-order valence-electron chi connectivity index (χ2n) is 6.38. The van der Waals surface area contributed by atoms with Crippen LogP contribution in [0, 0.1) is 5.92 Å². The van der Waals surface area contributed by atoms with E-state index in [2.05, 4.69) is 34.6 Å². The van der Waals surface area contributed by atoms with Gasteiger partial charge in [-0.3, -0.25) is 0 Å². The van der Waals surface area contributed by atoms with Crippen molar-refractivity contribution in [2.45, 2.75) is 85.1 Å².